The first-order valence-electron chi connectivity index (χ1n) is 7.89. The Balaban J connectivity index is 2.06. The number of hydrazine groups is 1. The van der Waals surface area contributed by atoms with E-state index in [2.05, 4.69) is 10.4 Å². The molecule has 1 heterocycles. The molecule has 0 aliphatic heterocycles. The van der Waals surface area contributed by atoms with Crippen LogP contribution in [0.15, 0.2) is 47.3 Å². The number of carbonyl (C=O) groups excluding carboxylic acids is 1. The Bertz CT molecular complexity index is 1020. The number of benzene rings is 2. The van der Waals surface area contributed by atoms with Crippen molar-refractivity contribution in [2.45, 2.75) is 6.92 Å². The molecule has 0 bridgehead atoms. The van der Waals surface area contributed by atoms with Crippen molar-refractivity contribution in [1.29, 1.82) is 0 Å². The molecule has 0 saturated carbocycles. The molecule has 0 spiro atoms. The lowest BCUT2D eigenvalue weighted by Crippen LogP contribution is -2.48. The molecule has 0 atom stereocenters. The quantitative estimate of drug-likeness (QED) is 0.518. The summed E-state index contributed by atoms with van der Waals surface area (Å²) in [7, 11) is 3.20. The number of anilines is 1. The smallest absolute Gasteiger partial charge is 0.244 e. The summed E-state index contributed by atoms with van der Waals surface area (Å²) in [4.78, 5) is 25.4. The molecule has 0 fully saturated rings. The van der Waals surface area contributed by atoms with Crippen LogP contribution in [0.5, 0.6) is 0 Å². The van der Waals surface area contributed by atoms with E-state index in [4.69, 9.17) is 0 Å². The average Bonchev–Trinajstić information content (AvgIpc) is 2.98. The molecule has 0 radical (unpaired) electrons. The molecule has 2 aromatic carbocycles. The number of aromatic nitrogens is 4. The highest BCUT2D eigenvalue weighted by Gasteiger charge is 2.26. The number of rotatable bonds is 3. The predicted molar refractivity (Wildman–Crippen MR) is 93.7 cm³/mol. The van der Waals surface area contributed by atoms with Crippen molar-refractivity contribution in [2.75, 3.05) is 19.1 Å². The van der Waals surface area contributed by atoms with Crippen molar-refractivity contribution in [3.8, 4) is 5.69 Å². The van der Waals surface area contributed by atoms with Gasteiger partial charge in [-0.3, -0.25) is 0 Å². The molecule has 27 heavy (non-hydrogen) atoms. The molecule has 1 aromatic heterocycles. The van der Waals surface area contributed by atoms with Gasteiger partial charge >= 0.3 is 11.7 Å². The molecular weight excluding hydrogens is 358 g/mol. The normalized spacial score (nSPS) is 11.0. The first-order valence-corrected chi connectivity index (χ1v) is 7.89. The Morgan fingerprint density at radius 1 is 1.00 bits per heavy atom. The minimum absolute atomic E-state index is 0.408. The Hall–Kier alpha value is -3.40. The highest BCUT2D eigenvalue weighted by atomic mass is 19.1. The van der Waals surface area contributed by atoms with E-state index in [0.29, 0.717) is 15.1 Å². The van der Waals surface area contributed by atoms with Gasteiger partial charge in [-0.1, -0.05) is 23.8 Å². The van der Waals surface area contributed by atoms with E-state index in [9.17, 15) is 18.4 Å². The monoisotopic (exact) mass is 374 g/mol. The fourth-order valence-corrected chi connectivity index (χ4v) is 2.49. The SMILES string of the molecule is Cc1ccc(N(C(=O)n2nnn(-c3c(F)cccc3F)c2=O)N(C)C)cc1. The maximum Gasteiger partial charge on any atom is 0.377 e. The van der Waals surface area contributed by atoms with E-state index in [0.717, 1.165) is 23.8 Å². The predicted octanol–water partition coefficient (Wildman–Crippen LogP) is 1.97. The van der Waals surface area contributed by atoms with Crippen LogP contribution in [0, 0.1) is 18.6 Å². The maximum atomic E-state index is 13.9. The van der Waals surface area contributed by atoms with E-state index >= 15 is 0 Å². The van der Waals surface area contributed by atoms with Crippen LogP contribution < -0.4 is 10.7 Å². The highest BCUT2D eigenvalue weighted by Crippen LogP contribution is 2.17. The number of amides is 1. The van der Waals surface area contributed by atoms with E-state index in [-0.39, 0.29) is 0 Å². The Morgan fingerprint density at radius 3 is 2.15 bits per heavy atom. The largest absolute Gasteiger partial charge is 0.377 e. The molecule has 3 aromatic rings. The van der Waals surface area contributed by atoms with Crippen LogP contribution >= 0.6 is 0 Å². The summed E-state index contributed by atoms with van der Waals surface area (Å²) >= 11 is 0. The molecule has 140 valence electrons. The van der Waals surface area contributed by atoms with Gasteiger partial charge < -0.3 is 0 Å². The number of hydrogen-bond acceptors (Lipinski definition) is 5. The zero-order valence-corrected chi connectivity index (χ0v) is 14.8. The minimum Gasteiger partial charge on any atom is -0.244 e. The molecule has 1 amide bonds. The minimum atomic E-state index is -1.09. The highest BCUT2D eigenvalue weighted by molar-refractivity contribution is 5.91. The first kappa shape index (κ1) is 18.4. The zero-order chi connectivity index (χ0) is 19.7. The van der Waals surface area contributed by atoms with Gasteiger partial charge in [-0.2, -0.15) is 4.68 Å². The summed E-state index contributed by atoms with van der Waals surface area (Å²) in [6.07, 6.45) is 0. The summed E-state index contributed by atoms with van der Waals surface area (Å²) in [5.74, 6) is -2.00. The molecule has 0 N–H and O–H groups in total. The van der Waals surface area contributed by atoms with Crippen molar-refractivity contribution in [2.24, 2.45) is 0 Å². The molecular formula is C17H16F2N6O2. The second-order valence-electron chi connectivity index (χ2n) is 5.93. The zero-order valence-electron chi connectivity index (χ0n) is 14.8. The fraction of sp³-hybridized carbons (Fsp3) is 0.176. The molecule has 8 nitrogen and oxygen atoms in total. The fourth-order valence-electron chi connectivity index (χ4n) is 2.49. The standard InChI is InChI=1S/C17H16F2N6O2/c1-11-7-9-12(10-8-11)25(22(2)3)17(27)24-16(26)23(20-21-24)15-13(18)5-4-6-14(15)19/h4-10H,1-3H3. The van der Waals surface area contributed by atoms with Crippen LogP contribution in [-0.2, 0) is 0 Å². The molecule has 0 saturated heterocycles. The lowest BCUT2D eigenvalue weighted by Gasteiger charge is -2.27. The van der Waals surface area contributed by atoms with Gasteiger partial charge in [0.25, 0.3) is 0 Å². The summed E-state index contributed by atoms with van der Waals surface area (Å²) in [6.45, 7) is 1.89. The van der Waals surface area contributed by atoms with Gasteiger partial charge in [0, 0.05) is 14.1 Å². The lowest BCUT2D eigenvalue weighted by atomic mass is 10.2. The average molecular weight is 374 g/mol. The van der Waals surface area contributed by atoms with Gasteiger partial charge in [0.05, 0.1) is 5.69 Å². The summed E-state index contributed by atoms with van der Waals surface area (Å²) in [6, 6.07) is 9.24. The molecule has 0 unspecified atom stereocenters. The third-order valence-electron chi connectivity index (χ3n) is 3.77. The van der Waals surface area contributed by atoms with E-state index < -0.39 is 29.0 Å². The maximum absolute atomic E-state index is 13.9. The number of nitrogens with zero attached hydrogens (tertiary/aromatic N) is 6. The lowest BCUT2D eigenvalue weighted by molar-refractivity contribution is 0.228. The van der Waals surface area contributed by atoms with Crippen LogP contribution in [-0.4, -0.2) is 44.9 Å². The van der Waals surface area contributed by atoms with Crippen molar-refractivity contribution in [3.63, 3.8) is 0 Å². The van der Waals surface area contributed by atoms with E-state index in [1.54, 1.807) is 38.4 Å². The molecule has 0 aliphatic carbocycles. The van der Waals surface area contributed by atoms with Gasteiger partial charge in [0.1, 0.15) is 5.69 Å². The van der Waals surface area contributed by atoms with Gasteiger partial charge in [-0.25, -0.2) is 28.4 Å². The van der Waals surface area contributed by atoms with Crippen molar-refractivity contribution in [1.82, 2.24) is 24.8 Å². The number of para-hydroxylation sites is 1. The van der Waals surface area contributed by atoms with Crippen LogP contribution in [0.3, 0.4) is 0 Å². The summed E-state index contributed by atoms with van der Waals surface area (Å²) in [5.41, 5.74) is -0.326. The van der Waals surface area contributed by atoms with Gasteiger partial charge in [-0.15, -0.1) is 4.68 Å². The number of tetrazole rings is 1. The van der Waals surface area contributed by atoms with Crippen LogP contribution in [0.4, 0.5) is 19.3 Å². The number of aryl methyl sites for hydroxylation is 1. The van der Waals surface area contributed by atoms with Crippen molar-refractivity contribution < 1.29 is 13.6 Å². The molecule has 10 heteroatoms. The molecule has 0 aliphatic rings. The first-order chi connectivity index (χ1) is 12.8. The van der Waals surface area contributed by atoms with Crippen LogP contribution in [0.2, 0.25) is 0 Å². The van der Waals surface area contributed by atoms with Gasteiger partial charge in [-0.05, 0) is 41.6 Å². The number of halogens is 2. The topological polar surface area (TPSA) is 76.3 Å². The number of hydrogen-bond donors (Lipinski definition) is 0. The number of carbonyl (C=O) groups is 1. The summed E-state index contributed by atoms with van der Waals surface area (Å²) in [5, 5.41) is 9.56. The van der Waals surface area contributed by atoms with Crippen molar-refractivity contribution >= 4 is 11.7 Å². The molecule has 3 rings (SSSR count). The Kier molecular flexibility index (Phi) is 4.82. The van der Waals surface area contributed by atoms with Gasteiger partial charge in [0.2, 0.25) is 0 Å². The second kappa shape index (κ2) is 7.08. The second-order valence-corrected chi connectivity index (χ2v) is 5.93. The third kappa shape index (κ3) is 3.34. The van der Waals surface area contributed by atoms with Gasteiger partial charge in [0.15, 0.2) is 11.6 Å². The Labute approximate surface area is 152 Å². The third-order valence-corrected chi connectivity index (χ3v) is 3.77. The summed E-state index contributed by atoms with van der Waals surface area (Å²) < 4.78 is 28.7. The van der Waals surface area contributed by atoms with E-state index in [1.807, 2.05) is 6.92 Å². The Morgan fingerprint density at radius 2 is 1.59 bits per heavy atom. The van der Waals surface area contributed by atoms with Crippen LogP contribution in [0.1, 0.15) is 5.56 Å². The van der Waals surface area contributed by atoms with Crippen molar-refractivity contribution in [3.05, 3.63) is 70.1 Å². The van der Waals surface area contributed by atoms with Crippen LogP contribution in [0.25, 0.3) is 5.69 Å². The van der Waals surface area contributed by atoms with E-state index in [1.165, 1.54) is 10.0 Å².